The minimum atomic E-state index is -1.54. The number of amides is 2. The van der Waals surface area contributed by atoms with Crippen LogP contribution >= 0.6 is 0 Å². The first-order valence-electron chi connectivity index (χ1n) is 8.95. The van der Waals surface area contributed by atoms with Crippen LogP contribution in [0.3, 0.4) is 0 Å². The molecule has 0 aliphatic heterocycles. The second kappa shape index (κ2) is 9.70. The van der Waals surface area contributed by atoms with Crippen LogP contribution in [-0.2, 0) is 20.7 Å². The third-order valence-electron chi connectivity index (χ3n) is 4.27. The van der Waals surface area contributed by atoms with Gasteiger partial charge in [0.2, 0.25) is 5.91 Å². The van der Waals surface area contributed by atoms with Gasteiger partial charge in [-0.2, -0.15) is 0 Å². The van der Waals surface area contributed by atoms with Crippen molar-refractivity contribution in [2.45, 2.75) is 20.3 Å². The van der Waals surface area contributed by atoms with Crippen molar-refractivity contribution < 1.29 is 29.3 Å². The summed E-state index contributed by atoms with van der Waals surface area (Å²) in [7, 11) is 0. The first-order valence-corrected chi connectivity index (χ1v) is 8.95. The summed E-state index contributed by atoms with van der Waals surface area (Å²) < 4.78 is 4.91. The Kier molecular flexibility index (Phi) is 7.33. The molecule has 0 saturated heterocycles. The van der Waals surface area contributed by atoms with Crippen molar-refractivity contribution in [2.75, 3.05) is 23.8 Å². The number of nitrogens with one attached hydrogen (secondary N) is 2. The predicted molar refractivity (Wildman–Crippen MR) is 108 cm³/mol. The zero-order chi connectivity index (χ0) is 21.4. The van der Waals surface area contributed by atoms with Crippen LogP contribution in [0.25, 0.3) is 0 Å². The fourth-order valence-corrected chi connectivity index (χ4v) is 2.40. The summed E-state index contributed by atoms with van der Waals surface area (Å²) in [6.07, 6.45) is -0.120. The lowest BCUT2D eigenvalue weighted by atomic mass is 9.93. The largest absolute Gasteiger partial charge is 0.481 e. The molecule has 2 aromatic rings. The average molecular weight is 400 g/mol. The lowest BCUT2D eigenvalue weighted by Crippen LogP contribution is -2.37. The van der Waals surface area contributed by atoms with E-state index in [1.54, 1.807) is 12.1 Å². The number of aliphatic hydroxyl groups excluding tert-OH is 1. The van der Waals surface area contributed by atoms with E-state index < -0.39 is 30.7 Å². The van der Waals surface area contributed by atoms with E-state index in [2.05, 4.69) is 10.6 Å². The lowest BCUT2D eigenvalue weighted by Gasteiger charge is -2.21. The highest BCUT2D eigenvalue weighted by Gasteiger charge is 2.34. The molecule has 0 spiro atoms. The quantitative estimate of drug-likeness (QED) is 0.540. The van der Waals surface area contributed by atoms with Gasteiger partial charge in [0.25, 0.3) is 0 Å². The van der Waals surface area contributed by atoms with E-state index in [-0.39, 0.29) is 5.91 Å². The van der Waals surface area contributed by atoms with Crippen molar-refractivity contribution >= 4 is 29.3 Å². The van der Waals surface area contributed by atoms with E-state index in [0.717, 1.165) is 16.8 Å². The molecule has 8 heteroatoms. The van der Waals surface area contributed by atoms with Crippen molar-refractivity contribution in [3.8, 4) is 0 Å². The lowest BCUT2D eigenvalue weighted by molar-refractivity contribution is -0.152. The maximum Gasteiger partial charge on any atom is 0.411 e. The molecule has 1 unspecified atom stereocenters. The minimum absolute atomic E-state index is 0.122. The maximum atomic E-state index is 11.8. The highest BCUT2D eigenvalue weighted by molar-refractivity contribution is 5.88. The zero-order valence-electron chi connectivity index (χ0n) is 16.3. The number of benzene rings is 2. The molecule has 2 aromatic carbocycles. The highest BCUT2D eigenvalue weighted by atomic mass is 16.6. The number of aliphatic hydroxyl groups is 1. The second-order valence-electron chi connectivity index (χ2n) is 6.98. The SMILES string of the molecule is CC(=O)Nc1ccc(Cc2ccc(NC(=O)OCC(C)(CO)C(=O)O)cc2)cc1. The molecule has 0 bridgehead atoms. The molecule has 0 saturated carbocycles. The van der Waals surface area contributed by atoms with E-state index in [1.807, 2.05) is 36.4 Å². The Morgan fingerprint density at radius 1 is 0.931 bits per heavy atom. The predicted octanol–water partition coefficient (Wildman–Crippen LogP) is 2.87. The number of carboxylic acids is 1. The maximum absolute atomic E-state index is 11.8. The van der Waals surface area contributed by atoms with Gasteiger partial charge in [0, 0.05) is 18.3 Å². The molecule has 0 aliphatic rings. The molecule has 0 aromatic heterocycles. The van der Waals surface area contributed by atoms with E-state index in [0.29, 0.717) is 12.1 Å². The Hall–Kier alpha value is -3.39. The summed E-state index contributed by atoms with van der Waals surface area (Å²) in [5.74, 6) is -1.37. The Morgan fingerprint density at radius 2 is 1.41 bits per heavy atom. The number of aliphatic carboxylic acids is 1. The Balaban J connectivity index is 1.89. The van der Waals surface area contributed by atoms with Gasteiger partial charge in [-0.3, -0.25) is 14.9 Å². The standard InChI is InChI=1S/C21H24N2O6/c1-14(25)22-17-7-3-15(4-8-17)11-16-5-9-18(10-6-16)23-20(28)29-13-21(2,12-24)19(26)27/h3-10,24H,11-13H2,1-2H3,(H,22,25)(H,23,28)(H,26,27). The van der Waals surface area contributed by atoms with Crippen molar-refractivity contribution in [3.63, 3.8) is 0 Å². The van der Waals surface area contributed by atoms with Gasteiger partial charge in [-0.15, -0.1) is 0 Å². The monoisotopic (exact) mass is 400 g/mol. The second-order valence-corrected chi connectivity index (χ2v) is 6.98. The van der Waals surface area contributed by atoms with Crippen molar-refractivity contribution in [2.24, 2.45) is 5.41 Å². The third-order valence-corrected chi connectivity index (χ3v) is 4.27. The molecule has 0 heterocycles. The molecule has 2 rings (SSSR count). The van der Waals surface area contributed by atoms with Gasteiger partial charge >= 0.3 is 12.1 Å². The molecule has 2 amide bonds. The Labute approximate surface area is 168 Å². The summed E-state index contributed by atoms with van der Waals surface area (Å²) in [5, 5.41) is 23.4. The molecule has 29 heavy (non-hydrogen) atoms. The average Bonchev–Trinajstić information content (AvgIpc) is 2.68. The topological polar surface area (TPSA) is 125 Å². The van der Waals surface area contributed by atoms with Gasteiger partial charge < -0.3 is 20.3 Å². The van der Waals surface area contributed by atoms with E-state index in [1.165, 1.54) is 13.8 Å². The number of carboxylic acid groups (broad SMARTS) is 1. The first-order chi connectivity index (χ1) is 13.7. The van der Waals surface area contributed by atoms with Crippen LogP contribution in [0.1, 0.15) is 25.0 Å². The summed E-state index contributed by atoms with van der Waals surface area (Å²) in [5.41, 5.74) is 1.78. The first kappa shape index (κ1) is 21.9. The van der Waals surface area contributed by atoms with E-state index >= 15 is 0 Å². The van der Waals surface area contributed by atoms with Crippen LogP contribution in [0.2, 0.25) is 0 Å². The third kappa shape index (κ3) is 6.62. The van der Waals surface area contributed by atoms with Crippen molar-refractivity contribution in [3.05, 3.63) is 59.7 Å². The fourth-order valence-electron chi connectivity index (χ4n) is 2.40. The van der Waals surface area contributed by atoms with Crippen LogP contribution in [0.5, 0.6) is 0 Å². The molecule has 8 nitrogen and oxygen atoms in total. The van der Waals surface area contributed by atoms with Gasteiger partial charge in [-0.05, 0) is 48.7 Å². The van der Waals surface area contributed by atoms with Gasteiger partial charge in [0.15, 0.2) is 0 Å². The van der Waals surface area contributed by atoms with E-state index in [4.69, 9.17) is 14.9 Å². The molecule has 0 aliphatic carbocycles. The van der Waals surface area contributed by atoms with Crippen LogP contribution in [0.4, 0.5) is 16.2 Å². The zero-order valence-corrected chi connectivity index (χ0v) is 16.3. The summed E-state index contributed by atoms with van der Waals surface area (Å²) in [6.45, 7) is 1.66. The van der Waals surface area contributed by atoms with Crippen LogP contribution in [-0.4, -0.2) is 41.4 Å². The molecule has 0 radical (unpaired) electrons. The number of anilines is 2. The molecular formula is C21H24N2O6. The molecule has 4 N–H and O–H groups in total. The molecule has 154 valence electrons. The number of hydrogen-bond donors (Lipinski definition) is 4. The van der Waals surface area contributed by atoms with Crippen LogP contribution in [0.15, 0.2) is 48.5 Å². The molecule has 1 atom stereocenters. The van der Waals surface area contributed by atoms with Gasteiger partial charge in [0.1, 0.15) is 12.0 Å². The number of rotatable bonds is 8. The molecular weight excluding hydrogens is 376 g/mol. The Morgan fingerprint density at radius 3 is 1.83 bits per heavy atom. The number of ether oxygens (including phenoxy) is 1. The summed E-state index contributed by atoms with van der Waals surface area (Å²) >= 11 is 0. The minimum Gasteiger partial charge on any atom is -0.481 e. The number of carbonyl (C=O) groups excluding carboxylic acids is 2. The Bertz CT molecular complexity index is 864. The van der Waals surface area contributed by atoms with Crippen molar-refractivity contribution in [1.82, 2.24) is 0 Å². The smallest absolute Gasteiger partial charge is 0.411 e. The van der Waals surface area contributed by atoms with Gasteiger partial charge in [0.05, 0.1) is 6.61 Å². The van der Waals surface area contributed by atoms with Crippen molar-refractivity contribution in [1.29, 1.82) is 0 Å². The van der Waals surface area contributed by atoms with Crippen LogP contribution in [0, 0.1) is 5.41 Å². The normalized spacial score (nSPS) is 12.5. The summed E-state index contributed by atoms with van der Waals surface area (Å²) in [4.78, 5) is 34.0. The van der Waals surface area contributed by atoms with Gasteiger partial charge in [-0.1, -0.05) is 24.3 Å². The fraction of sp³-hybridized carbons (Fsp3) is 0.286. The van der Waals surface area contributed by atoms with E-state index in [9.17, 15) is 14.4 Å². The highest BCUT2D eigenvalue weighted by Crippen LogP contribution is 2.18. The number of carbonyl (C=O) groups is 3. The van der Waals surface area contributed by atoms with Gasteiger partial charge in [-0.25, -0.2) is 4.79 Å². The van der Waals surface area contributed by atoms with Crippen LogP contribution < -0.4 is 10.6 Å². The number of hydrogen-bond acceptors (Lipinski definition) is 5. The molecule has 0 fully saturated rings. The summed E-state index contributed by atoms with van der Waals surface area (Å²) in [6, 6.07) is 14.7.